The zero-order valence-corrected chi connectivity index (χ0v) is 12.3. The normalized spacial score (nSPS) is 10.3. The van der Waals surface area contributed by atoms with Crippen molar-refractivity contribution in [1.29, 1.82) is 0 Å². The van der Waals surface area contributed by atoms with Crippen LogP contribution in [-0.2, 0) is 11.3 Å². The molecule has 0 saturated heterocycles. The zero-order chi connectivity index (χ0) is 13.1. The van der Waals surface area contributed by atoms with Crippen molar-refractivity contribution in [2.45, 2.75) is 6.61 Å². The van der Waals surface area contributed by atoms with Gasteiger partial charge in [0.1, 0.15) is 6.61 Å². The van der Waals surface area contributed by atoms with Gasteiger partial charge in [-0.1, -0.05) is 11.6 Å². The highest BCUT2D eigenvalue weighted by Crippen LogP contribution is 2.22. The fraction of sp³-hybridized carbons (Fsp3) is 0.0833. The van der Waals surface area contributed by atoms with Crippen molar-refractivity contribution in [3.8, 4) is 0 Å². The number of rotatable bonds is 3. The van der Waals surface area contributed by atoms with Gasteiger partial charge in [0.25, 0.3) is 0 Å². The maximum absolute atomic E-state index is 11.8. The van der Waals surface area contributed by atoms with Gasteiger partial charge in [0.2, 0.25) is 0 Å². The van der Waals surface area contributed by atoms with Gasteiger partial charge in [0.05, 0.1) is 16.3 Å². The second-order valence-electron chi connectivity index (χ2n) is 3.54. The van der Waals surface area contributed by atoms with Crippen LogP contribution in [0.5, 0.6) is 0 Å². The van der Waals surface area contributed by atoms with Crippen molar-refractivity contribution in [3.05, 3.63) is 49.6 Å². The van der Waals surface area contributed by atoms with Crippen LogP contribution in [0.4, 0.5) is 5.69 Å². The van der Waals surface area contributed by atoms with Gasteiger partial charge in [0.15, 0.2) is 0 Å². The lowest BCUT2D eigenvalue weighted by molar-refractivity contribution is 0.0477. The number of carbonyl (C=O) groups excluding carboxylic acids is 1. The molecule has 0 atom stereocenters. The first-order chi connectivity index (χ1) is 8.56. The molecule has 0 fully saturated rings. The molecular formula is C12H9BrClNO2S. The highest BCUT2D eigenvalue weighted by atomic mass is 79.9. The van der Waals surface area contributed by atoms with Crippen molar-refractivity contribution in [2.24, 2.45) is 0 Å². The number of anilines is 1. The van der Waals surface area contributed by atoms with E-state index < -0.39 is 5.97 Å². The third-order valence-corrected chi connectivity index (χ3v) is 4.21. The highest BCUT2D eigenvalue weighted by Gasteiger charge is 2.09. The monoisotopic (exact) mass is 345 g/mol. The number of carbonyl (C=O) groups is 1. The number of hydrogen-bond acceptors (Lipinski definition) is 4. The van der Waals surface area contributed by atoms with Gasteiger partial charge >= 0.3 is 5.97 Å². The Morgan fingerprint density at radius 3 is 2.83 bits per heavy atom. The third kappa shape index (κ3) is 3.25. The number of nitrogens with two attached hydrogens (primary N) is 1. The molecule has 6 heteroatoms. The molecule has 0 saturated carbocycles. The Kier molecular flexibility index (Phi) is 4.27. The van der Waals surface area contributed by atoms with E-state index in [0.29, 0.717) is 16.3 Å². The summed E-state index contributed by atoms with van der Waals surface area (Å²) in [7, 11) is 0. The number of esters is 1. The number of hydrogen-bond donors (Lipinski definition) is 1. The number of thiophene rings is 1. The Balaban J connectivity index is 2.01. The van der Waals surface area contributed by atoms with Gasteiger partial charge in [-0.05, 0) is 40.2 Å². The van der Waals surface area contributed by atoms with Crippen molar-refractivity contribution in [3.63, 3.8) is 0 Å². The first-order valence-corrected chi connectivity index (χ1v) is 7.06. The zero-order valence-electron chi connectivity index (χ0n) is 9.15. The summed E-state index contributed by atoms with van der Waals surface area (Å²) >= 11 is 10.6. The number of benzene rings is 1. The van der Waals surface area contributed by atoms with Gasteiger partial charge in [-0.2, -0.15) is 0 Å². The molecule has 0 amide bonds. The predicted molar refractivity (Wildman–Crippen MR) is 77.0 cm³/mol. The molecule has 0 spiro atoms. The minimum absolute atomic E-state index is 0.248. The van der Waals surface area contributed by atoms with Crippen molar-refractivity contribution >= 4 is 50.5 Å². The predicted octanol–water partition coefficient (Wildman–Crippen LogP) is 4.10. The molecule has 2 aromatic rings. The average Bonchev–Trinajstić information content (AvgIpc) is 2.75. The second kappa shape index (κ2) is 5.73. The highest BCUT2D eigenvalue weighted by molar-refractivity contribution is 9.10. The number of halogens is 2. The maximum atomic E-state index is 11.8. The Labute approximate surface area is 122 Å². The van der Waals surface area contributed by atoms with E-state index in [1.165, 1.54) is 17.4 Å². The van der Waals surface area contributed by atoms with E-state index >= 15 is 0 Å². The fourth-order valence-electron chi connectivity index (χ4n) is 1.32. The van der Waals surface area contributed by atoms with Crippen LogP contribution in [0, 0.1) is 0 Å². The van der Waals surface area contributed by atoms with Gasteiger partial charge in [-0.3, -0.25) is 0 Å². The standard InChI is InChI=1S/C12H9BrClNO2S/c13-8-4-9(18-6-8)5-17-12(16)7-1-2-10(14)11(15)3-7/h1-4,6H,5,15H2. The minimum Gasteiger partial charge on any atom is -0.456 e. The van der Waals surface area contributed by atoms with E-state index in [4.69, 9.17) is 22.1 Å². The van der Waals surface area contributed by atoms with Crippen LogP contribution in [0.3, 0.4) is 0 Å². The average molecular weight is 347 g/mol. The summed E-state index contributed by atoms with van der Waals surface area (Å²) in [6.07, 6.45) is 0. The first-order valence-electron chi connectivity index (χ1n) is 5.01. The molecular weight excluding hydrogens is 338 g/mol. The minimum atomic E-state index is -0.414. The third-order valence-electron chi connectivity index (χ3n) is 2.20. The molecule has 2 N–H and O–H groups in total. The largest absolute Gasteiger partial charge is 0.456 e. The van der Waals surface area contributed by atoms with Crippen LogP contribution in [0.2, 0.25) is 5.02 Å². The van der Waals surface area contributed by atoms with Crippen LogP contribution < -0.4 is 5.73 Å². The van der Waals surface area contributed by atoms with Gasteiger partial charge in [0, 0.05) is 14.7 Å². The molecule has 2 rings (SSSR count). The molecule has 0 aliphatic rings. The molecule has 0 aliphatic carbocycles. The molecule has 1 aromatic carbocycles. The van der Waals surface area contributed by atoms with Crippen molar-refractivity contribution < 1.29 is 9.53 Å². The molecule has 18 heavy (non-hydrogen) atoms. The van der Waals surface area contributed by atoms with E-state index in [2.05, 4.69) is 15.9 Å². The topological polar surface area (TPSA) is 52.3 Å². The van der Waals surface area contributed by atoms with E-state index in [-0.39, 0.29) is 6.61 Å². The van der Waals surface area contributed by atoms with E-state index in [9.17, 15) is 4.79 Å². The number of ether oxygens (including phenoxy) is 1. The molecule has 0 bridgehead atoms. The van der Waals surface area contributed by atoms with Gasteiger partial charge < -0.3 is 10.5 Å². The lowest BCUT2D eigenvalue weighted by Crippen LogP contribution is -2.05. The molecule has 94 valence electrons. The molecule has 1 heterocycles. The van der Waals surface area contributed by atoms with E-state index in [0.717, 1.165) is 9.35 Å². The lowest BCUT2D eigenvalue weighted by atomic mass is 10.2. The molecule has 0 radical (unpaired) electrons. The molecule has 0 aliphatic heterocycles. The molecule has 3 nitrogen and oxygen atoms in total. The van der Waals surface area contributed by atoms with Gasteiger partial charge in [-0.15, -0.1) is 11.3 Å². The summed E-state index contributed by atoms with van der Waals surface area (Å²) in [6.45, 7) is 0.248. The number of nitrogen functional groups attached to an aromatic ring is 1. The van der Waals surface area contributed by atoms with E-state index in [1.54, 1.807) is 12.1 Å². The van der Waals surface area contributed by atoms with Crippen molar-refractivity contribution in [1.82, 2.24) is 0 Å². The first kappa shape index (κ1) is 13.4. The Morgan fingerprint density at radius 1 is 1.44 bits per heavy atom. The van der Waals surface area contributed by atoms with Crippen LogP contribution in [0.25, 0.3) is 0 Å². The SMILES string of the molecule is Nc1cc(C(=O)OCc2cc(Br)cs2)ccc1Cl. The molecule has 0 unspecified atom stereocenters. The smallest absolute Gasteiger partial charge is 0.338 e. The van der Waals surface area contributed by atoms with Crippen molar-refractivity contribution in [2.75, 3.05) is 5.73 Å². The summed E-state index contributed by atoms with van der Waals surface area (Å²) in [4.78, 5) is 12.7. The Bertz CT molecular complexity index is 585. The summed E-state index contributed by atoms with van der Waals surface area (Å²) in [5.74, 6) is -0.414. The van der Waals surface area contributed by atoms with E-state index in [1.807, 2.05) is 11.4 Å². The fourth-order valence-corrected chi connectivity index (χ4v) is 2.80. The second-order valence-corrected chi connectivity index (χ2v) is 5.86. The molecule has 1 aromatic heterocycles. The van der Waals surface area contributed by atoms with Crippen LogP contribution in [0.1, 0.15) is 15.2 Å². The lowest BCUT2D eigenvalue weighted by Gasteiger charge is -2.04. The quantitative estimate of drug-likeness (QED) is 0.672. The Hall–Kier alpha value is -1.04. The summed E-state index contributed by atoms with van der Waals surface area (Å²) in [5.41, 5.74) is 6.39. The van der Waals surface area contributed by atoms with Crippen LogP contribution in [0.15, 0.2) is 34.1 Å². The maximum Gasteiger partial charge on any atom is 0.338 e. The summed E-state index contributed by atoms with van der Waals surface area (Å²) in [5, 5.41) is 2.36. The van der Waals surface area contributed by atoms with Crippen LogP contribution >= 0.6 is 38.9 Å². The summed E-state index contributed by atoms with van der Waals surface area (Å²) < 4.78 is 6.16. The Morgan fingerprint density at radius 2 is 2.22 bits per heavy atom. The van der Waals surface area contributed by atoms with Crippen LogP contribution in [-0.4, -0.2) is 5.97 Å². The van der Waals surface area contributed by atoms with Gasteiger partial charge in [-0.25, -0.2) is 4.79 Å². The summed E-state index contributed by atoms with van der Waals surface area (Å²) in [6, 6.07) is 6.59.